The highest BCUT2D eigenvalue weighted by molar-refractivity contribution is 7.09. The van der Waals surface area contributed by atoms with Crippen LogP contribution >= 0.6 is 11.3 Å². The number of nitrogens with one attached hydrogen (secondary N) is 2. The highest BCUT2D eigenvalue weighted by atomic mass is 32.1. The van der Waals surface area contributed by atoms with E-state index in [1.807, 2.05) is 17.5 Å². The van der Waals surface area contributed by atoms with Crippen molar-refractivity contribution >= 4 is 34.6 Å². The van der Waals surface area contributed by atoms with Gasteiger partial charge in [-0.1, -0.05) is 25.1 Å². The summed E-state index contributed by atoms with van der Waals surface area (Å²) in [6, 6.07) is 10.8. The number of ketones is 1. The summed E-state index contributed by atoms with van der Waals surface area (Å²) in [4.78, 5) is 39.0. The van der Waals surface area contributed by atoms with Crippen LogP contribution in [-0.2, 0) is 16.1 Å². The first-order valence-electron chi connectivity index (χ1n) is 7.78. The highest BCUT2D eigenvalue weighted by Crippen LogP contribution is 2.62. The largest absolute Gasteiger partial charge is 0.351 e. The fourth-order valence-corrected chi connectivity index (χ4v) is 4.28. The monoisotopic (exact) mass is 340 g/mol. The molecule has 0 bridgehead atoms. The van der Waals surface area contributed by atoms with Gasteiger partial charge in [0, 0.05) is 10.4 Å². The highest BCUT2D eigenvalue weighted by Gasteiger charge is 2.73. The van der Waals surface area contributed by atoms with Gasteiger partial charge in [-0.05, 0) is 23.6 Å². The summed E-state index contributed by atoms with van der Waals surface area (Å²) in [5, 5.41) is 7.58. The quantitative estimate of drug-likeness (QED) is 0.901. The van der Waals surface area contributed by atoms with Crippen molar-refractivity contribution in [2.75, 3.05) is 5.32 Å². The first-order chi connectivity index (χ1) is 11.5. The average molecular weight is 340 g/mol. The predicted molar refractivity (Wildman–Crippen MR) is 90.7 cm³/mol. The van der Waals surface area contributed by atoms with Gasteiger partial charge < -0.3 is 10.6 Å². The molecule has 122 valence electrons. The van der Waals surface area contributed by atoms with Crippen LogP contribution in [0.25, 0.3) is 0 Å². The molecule has 0 radical (unpaired) electrons. The van der Waals surface area contributed by atoms with Gasteiger partial charge in [-0.15, -0.1) is 11.3 Å². The van der Waals surface area contributed by atoms with Crippen molar-refractivity contribution in [3.63, 3.8) is 0 Å². The van der Waals surface area contributed by atoms with Gasteiger partial charge in [-0.3, -0.25) is 14.4 Å². The van der Waals surface area contributed by atoms with E-state index in [4.69, 9.17) is 0 Å². The molecular formula is C18H16N2O3S. The van der Waals surface area contributed by atoms with E-state index in [0.717, 1.165) is 4.88 Å². The van der Waals surface area contributed by atoms with Crippen molar-refractivity contribution < 1.29 is 14.4 Å². The third-order valence-electron chi connectivity index (χ3n) is 5.02. The lowest BCUT2D eigenvalue weighted by Gasteiger charge is -2.12. The topological polar surface area (TPSA) is 75.3 Å². The number of para-hydroxylation sites is 1. The van der Waals surface area contributed by atoms with Crippen LogP contribution < -0.4 is 10.6 Å². The number of benzene rings is 1. The van der Waals surface area contributed by atoms with E-state index in [1.54, 1.807) is 42.5 Å². The normalized spacial score (nSPS) is 27.5. The molecule has 2 heterocycles. The van der Waals surface area contributed by atoms with Crippen molar-refractivity contribution in [2.24, 2.45) is 17.3 Å². The van der Waals surface area contributed by atoms with Gasteiger partial charge >= 0.3 is 0 Å². The lowest BCUT2D eigenvalue weighted by atomic mass is 9.92. The zero-order chi connectivity index (χ0) is 16.9. The molecule has 6 heteroatoms. The van der Waals surface area contributed by atoms with E-state index in [0.29, 0.717) is 17.8 Å². The van der Waals surface area contributed by atoms with Gasteiger partial charge in [-0.2, -0.15) is 0 Å². The Labute approximate surface area is 143 Å². The van der Waals surface area contributed by atoms with E-state index in [9.17, 15) is 14.4 Å². The molecule has 0 spiro atoms. The van der Waals surface area contributed by atoms with Crippen LogP contribution in [0, 0.1) is 17.3 Å². The minimum absolute atomic E-state index is 0.141. The summed E-state index contributed by atoms with van der Waals surface area (Å²) >= 11 is 1.56. The van der Waals surface area contributed by atoms with E-state index >= 15 is 0 Å². The van der Waals surface area contributed by atoms with E-state index < -0.39 is 17.3 Å². The van der Waals surface area contributed by atoms with Crippen LogP contribution in [0.1, 0.15) is 22.2 Å². The van der Waals surface area contributed by atoms with E-state index in [2.05, 4.69) is 10.6 Å². The van der Waals surface area contributed by atoms with Crippen LogP contribution in [0.2, 0.25) is 0 Å². The number of anilines is 1. The second-order valence-corrected chi connectivity index (χ2v) is 7.43. The number of amides is 2. The van der Waals surface area contributed by atoms with Gasteiger partial charge in [-0.25, -0.2) is 0 Å². The maximum atomic E-state index is 12.9. The summed E-state index contributed by atoms with van der Waals surface area (Å²) < 4.78 is 0. The molecule has 4 rings (SSSR count). The molecule has 1 saturated carbocycles. The van der Waals surface area contributed by atoms with Crippen LogP contribution in [0.3, 0.4) is 0 Å². The number of carbonyl (C=O) groups is 3. The van der Waals surface area contributed by atoms with Crippen LogP contribution in [0.4, 0.5) is 5.69 Å². The minimum atomic E-state index is -0.962. The second-order valence-electron chi connectivity index (χ2n) is 6.40. The molecule has 1 unspecified atom stereocenters. The molecule has 24 heavy (non-hydrogen) atoms. The summed E-state index contributed by atoms with van der Waals surface area (Å²) in [5.41, 5.74) is 0.0408. The third kappa shape index (κ3) is 2.10. The molecule has 1 aliphatic carbocycles. The maximum absolute atomic E-state index is 12.9. The Balaban J connectivity index is 1.59. The van der Waals surface area contributed by atoms with Gasteiger partial charge in [0.25, 0.3) is 0 Å². The van der Waals surface area contributed by atoms with Crippen molar-refractivity contribution in [1.82, 2.24) is 5.32 Å². The number of hydrogen-bond donors (Lipinski definition) is 2. The Kier molecular flexibility index (Phi) is 3.31. The van der Waals surface area contributed by atoms with E-state index in [-0.39, 0.29) is 17.6 Å². The summed E-state index contributed by atoms with van der Waals surface area (Å²) in [6.07, 6.45) is 0. The molecule has 1 aromatic heterocycles. The van der Waals surface area contributed by atoms with E-state index in [1.165, 1.54) is 0 Å². The second kappa shape index (κ2) is 5.27. The first kappa shape index (κ1) is 15.1. The molecule has 1 fully saturated rings. The SMILES string of the molecule is C[C@]12C(=O)c3ccccc3NC(=O)C1[C@H]2C(=O)NCc1cccs1. The van der Waals surface area contributed by atoms with Gasteiger partial charge in [0.1, 0.15) is 0 Å². The number of hydrogen-bond acceptors (Lipinski definition) is 4. The Morgan fingerprint density at radius 1 is 1.25 bits per heavy atom. The molecule has 1 aromatic carbocycles. The average Bonchev–Trinajstić information content (AvgIpc) is 2.95. The molecule has 1 aliphatic heterocycles. The van der Waals surface area contributed by atoms with Crippen LogP contribution in [0.5, 0.6) is 0 Å². The number of thiophene rings is 1. The summed E-state index contributed by atoms with van der Waals surface area (Å²) in [7, 11) is 0. The summed E-state index contributed by atoms with van der Waals surface area (Å²) in [5.74, 6) is -1.86. The molecule has 3 atom stereocenters. The molecular weight excluding hydrogens is 324 g/mol. The van der Waals surface area contributed by atoms with Crippen molar-refractivity contribution in [2.45, 2.75) is 13.5 Å². The third-order valence-corrected chi connectivity index (χ3v) is 5.89. The predicted octanol–water partition coefficient (Wildman–Crippen LogP) is 2.45. The van der Waals surface area contributed by atoms with Crippen LogP contribution in [0.15, 0.2) is 41.8 Å². The number of carbonyl (C=O) groups excluding carboxylic acids is 3. The molecule has 2 N–H and O–H groups in total. The van der Waals surface area contributed by atoms with Crippen molar-refractivity contribution in [3.05, 3.63) is 52.2 Å². The number of fused-ring (bicyclic) bond motifs is 2. The molecule has 2 amide bonds. The molecule has 0 saturated heterocycles. The molecule has 2 aromatic rings. The lowest BCUT2D eigenvalue weighted by Crippen LogP contribution is -2.29. The molecule has 5 nitrogen and oxygen atoms in total. The lowest BCUT2D eigenvalue weighted by molar-refractivity contribution is -0.125. The first-order valence-corrected chi connectivity index (χ1v) is 8.66. The number of Topliss-reactive ketones (excluding diaryl/α,β-unsaturated/α-hetero) is 1. The standard InChI is InChI=1S/C18H16N2O3S/c1-18-13(16(22)19-9-10-5-4-8-24-10)14(18)17(23)20-12-7-3-2-6-11(12)15(18)21/h2-8,13-14H,9H2,1H3,(H,19,22)(H,20,23)/t13-,14?,18+/m0/s1. The number of rotatable bonds is 3. The smallest absolute Gasteiger partial charge is 0.229 e. The maximum Gasteiger partial charge on any atom is 0.229 e. The Morgan fingerprint density at radius 2 is 2.04 bits per heavy atom. The van der Waals surface area contributed by atoms with Gasteiger partial charge in [0.15, 0.2) is 5.78 Å². The zero-order valence-corrected chi connectivity index (χ0v) is 13.9. The zero-order valence-electron chi connectivity index (χ0n) is 13.0. The Bertz CT molecular complexity index is 846. The van der Waals surface area contributed by atoms with Crippen molar-refractivity contribution in [3.8, 4) is 0 Å². The summed E-state index contributed by atoms with van der Waals surface area (Å²) in [6.45, 7) is 2.14. The Morgan fingerprint density at radius 3 is 2.79 bits per heavy atom. The van der Waals surface area contributed by atoms with Crippen LogP contribution in [-0.4, -0.2) is 17.6 Å². The minimum Gasteiger partial charge on any atom is -0.351 e. The van der Waals surface area contributed by atoms with Gasteiger partial charge in [0.2, 0.25) is 11.8 Å². The molecule has 2 aliphatic rings. The van der Waals surface area contributed by atoms with Crippen molar-refractivity contribution in [1.29, 1.82) is 0 Å². The Hall–Kier alpha value is -2.47. The van der Waals surface area contributed by atoms with Gasteiger partial charge in [0.05, 0.1) is 29.5 Å². The fraction of sp³-hybridized carbons (Fsp3) is 0.278. The fourth-order valence-electron chi connectivity index (χ4n) is 3.63.